The lowest BCUT2D eigenvalue weighted by molar-refractivity contribution is 0.0708. The van der Waals surface area contributed by atoms with Crippen LogP contribution in [0.2, 0.25) is 0 Å². The average molecular weight is 337 g/mol. The van der Waals surface area contributed by atoms with Crippen molar-refractivity contribution in [3.63, 3.8) is 0 Å². The maximum Gasteiger partial charge on any atom is 0.291 e. The van der Waals surface area contributed by atoms with E-state index in [0.29, 0.717) is 29.9 Å². The monoisotopic (exact) mass is 336 g/mol. The van der Waals surface area contributed by atoms with Gasteiger partial charge in [0.25, 0.3) is 5.91 Å². The molecule has 1 heterocycles. The third kappa shape index (κ3) is 3.71. The Bertz CT molecular complexity index is 554. The van der Waals surface area contributed by atoms with Gasteiger partial charge in [-0.1, -0.05) is 30.3 Å². The molecule has 0 saturated heterocycles. The van der Waals surface area contributed by atoms with Crippen molar-refractivity contribution < 1.29 is 9.21 Å². The standard InChI is InChI=1S/C15H17BrN2O2/c16-13-7-10-20-14(13)15(19)18(9-4-8-17)11-12-5-2-1-3-6-12/h1-3,5-7,10H,4,8-9,11,17H2. The summed E-state index contributed by atoms with van der Waals surface area (Å²) in [7, 11) is 0. The lowest BCUT2D eigenvalue weighted by Crippen LogP contribution is -2.32. The molecule has 0 spiro atoms. The van der Waals surface area contributed by atoms with Crippen LogP contribution >= 0.6 is 15.9 Å². The van der Waals surface area contributed by atoms with Crippen LogP contribution in [-0.2, 0) is 6.54 Å². The SMILES string of the molecule is NCCCN(Cc1ccccc1)C(=O)c1occc1Br. The molecule has 0 aliphatic rings. The van der Waals surface area contributed by atoms with Crippen molar-refractivity contribution in [2.24, 2.45) is 5.73 Å². The lowest BCUT2D eigenvalue weighted by atomic mass is 10.2. The second-order valence-corrected chi connectivity index (χ2v) is 5.31. The van der Waals surface area contributed by atoms with Crippen LogP contribution in [0.4, 0.5) is 0 Å². The van der Waals surface area contributed by atoms with Crippen molar-refractivity contribution in [2.45, 2.75) is 13.0 Å². The molecule has 1 amide bonds. The summed E-state index contributed by atoms with van der Waals surface area (Å²) in [6.45, 7) is 1.71. The Kier molecular flexibility index (Phi) is 5.38. The van der Waals surface area contributed by atoms with E-state index in [1.54, 1.807) is 11.0 Å². The minimum absolute atomic E-state index is 0.126. The molecule has 1 aromatic heterocycles. The van der Waals surface area contributed by atoms with Gasteiger partial charge in [-0.15, -0.1) is 0 Å². The van der Waals surface area contributed by atoms with E-state index in [4.69, 9.17) is 10.2 Å². The molecular formula is C15H17BrN2O2. The van der Waals surface area contributed by atoms with E-state index in [2.05, 4.69) is 15.9 Å². The third-order valence-electron chi connectivity index (χ3n) is 2.95. The molecule has 0 aliphatic heterocycles. The highest BCUT2D eigenvalue weighted by Gasteiger charge is 2.21. The fourth-order valence-corrected chi connectivity index (χ4v) is 2.30. The number of benzene rings is 1. The second-order valence-electron chi connectivity index (χ2n) is 4.45. The summed E-state index contributed by atoms with van der Waals surface area (Å²) in [4.78, 5) is 14.3. The maximum absolute atomic E-state index is 12.5. The summed E-state index contributed by atoms with van der Waals surface area (Å²) in [5.74, 6) is 0.206. The van der Waals surface area contributed by atoms with Gasteiger partial charge in [-0.05, 0) is 40.5 Å². The molecule has 0 aliphatic carbocycles. The second kappa shape index (κ2) is 7.26. The number of carbonyl (C=O) groups excluding carboxylic acids is 1. The fourth-order valence-electron chi connectivity index (χ4n) is 1.93. The predicted octanol–water partition coefficient (Wildman–Crippen LogP) is 3.03. The summed E-state index contributed by atoms with van der Waals surface area (Å²) in [6, 6.07) is 11.6. The first kappa shape index (κ1) is 14.8. The van der Waals surface area contributed by atoms with Crippen molar-refractivity contribution in [1.29, 1.82) is 0 Å². The van der Waals surface area contributed by atoms with Crippen molar-refractivity contribution in [2.75, 3.05) is 13.1 Å². The Labute approximate surface area is 126 Å². The number of halogens is 1. The fraction of sp³-hybridized carbons (Fsp3) is 0.267. The topological polar surface area (TPSA) is 59.5 Å². The predicted molar refractivity (Wildman–Crippen MR) is 81.3 cm³/mol. The highest BCUT2D eigenvalue weighted by molar-refractivity contribution is 9.10. The van der Waals surface area contributed by atoms with E-state index in [9.17, 15) is 4.79 Å². The molecule has 4 nitrogen and oxygen atoms in total. The number of furan rings is 1. The van der Waals surface area contributed by atoms with Crippen LogP contribution < -0.4 is 5.73 Å². The molecule has 20 heavy (non-hydrogen) atoms. The van der Waals surface area contributed by atoms with E-state index in [1.807, 2.05) is 30.3 Å². The number of amides is 1. The van der Waals surface area contributed by atoms with Gasteiger partial charge in [0.15, 0.2) is 0 Å². The van der Waals surface area contributed by atoms with Crippen LogP contribution in [0, 0.1) is 0 Å². The minimum atomic E-state index is -0.126. The summed E-state index contributed by atoms with van der Waals surface area (Å²) >= 11 is 3.32. The Morgan fingerprint density at radius 2 is 2.00 bits per heavy atom. The van der Waals surface area contributed by atoms with Gasteiger partial charge in [-0.3, -0.25) is 4.79 Å². The maximum atomic E-state index is 12.5. The highest BCUT2D eigenvalue weighted by atomic mass is 79.9. The molecule has 106 valence electrons. The van der Waals surface area contributed by atoms with E-state index in [0.717, 1.165) is 12.0 Å². The largest absolute Gasteiger partial charge is 0.458 e. The van der Waals surface area contributed by atoms with Gasteiger partial charge < -0.3 is 15.1 Å². The number of nitrogens with two attached hydrogens (primary N) is 1. The van der Waals surface area contributed by atoms with E-state index < -0.39 is 0 Å². The Morgan fingerprint density at radius 3 is 2.60 bits per heavy atom. The molecule has 0 unspecified atom stereocenters. The summed E-state index contributed by atoms with van der Waals surface area (Å²) in [5.41, 5.74) is 6.63. The Balaban J connectivity index is 2.15. The van der Waals surface area contributed by atoms with Crippen LogP contribution in [0.15, 0.2) is 51.6 Å². The first-order valence-corrected chi connectivity index (χ1v) is 7.28. The molecule has 0 radical (unpaired) electrons. The molecular weight excluding hydrogens is 320 g/mol. The Morgan fingerprint density at radius 1 is 1.25 bits per heavy atom. The van der Waals surface area contributed by atoms with Crippen molar-refractivity contribution in [1.82, 2.24) is 4.90 Å². The molecule has 0 atom stereocenters. The quantitative estimate of drug-likeness (QED) is 0.881. The molecule has 1 aromatic carbocycles. The van der Waals surface area contributed by atoms with Crippen LogP contribution in [0.5, 0.6) is 0 Å². The number of rotatable bonds is 6. The van der Waals surface area contributed by atoms with E-state index in [1.165, 1.54) is 6.26 Å². The first-order chi connectivity index (χ1) is 9.72. The summed E-state index contributed by atoms with van der Waals surface area (Å²) in [5, 5.41) is 0. The molecule has 0 bridgehead atoms. The normalized spacial score (nSPS) is 10.5. The number of carbonyl (C=O) groups is 1. The number of hydrogen-bond donors (Lipinski definition) is 1. The van der Waals surface area contributed by atoms with Gasteiger partial charge >= 0.3 is 0 Å². The summed E-state index contributed by atoms with van der Waals surface area (Å²) in [6.07, 6.45) is 2.26. The van der Waals surface area contributed by atoms with Crippen LogP contribution in [0.1, 0.15) is 22.5 Å². The van der Waals surface area contributed by atoms with Gasteiger partial charge in [-0.25, -0.2) is 0 Å². The molecule has 2 aromatic rings. The lowest BCUT2D eigenvalue weighted by Gasteiger charge is -2.21. The van der Waals surface area contributed by atoms with Gasteiger partial charge in [0.1, 0.15) is 0 Å². The minimum Gasteiger partial charge on any atom is -0.458 e. The highest BCUT2D eigenvalue weighted by Crippen LogP contribution is 2.20. The number of hydrogen-bond acceptors (Lipinski definition) is 3. The molecule has 0 fully saturated rings. The smallest absolute Gasteiger partial charge is 0.291 e. The molecule has 5 heteroatoms. The molecule has 0 saturated carbocycles. The zero-order valence-electron chi connectivity index (χ0n) is 11.1. The van der Waals surface area contributed by atoms with E-state index in [-0.39, 0.29) is 5.91 Å². The number of nitrogens with zero attached hydrogens (tertiary/aromatic N) is 1. The van der Waals surface area contributed by atoms with Gasteiger partial charge in [0.2, 0.25) is 5.76 Å². The Hall–Kier alpha value is -1.59. The molecule has 2 rings (SSSR count). The third-order valence-corrected chi connectivity index (χ3v) is 3.57. The summed E-state index contributed by atoms with van der Waals surface area (Å²) < 4.78 is 5.93. The van der Waals surface area contributed by atoms with Gasteiger partial charge in [0.05, 0.1) is 10.7 Å². The zero-order valence-corrected chi connectivity index (χ0v) is 12.7. The van der Waals surface area contributed by atoms with Crippen molar-refractivity contribution >= 4 is 21.8 Å². The van der Waals surface area contributed by atoms with Gasteiger partial charge in [-0.2, -0.15) is 0 Å². The van der Waals surface area contributed by atoms with Gasteiger partial charge in [0, 0.05) is 13.1 Å². The van der Waals surface area contributed by atoms with Crippen LogP contribution in [0.3, 0.4) is 0 Å². The average Bonchev–Trinajstić information content (AvgIpc) is 2.90. The van der Waals surface area contributed by atoms with Crippen LogP contribution in [0.25, 0.3) is 0 Å². The molecule has 2 N–H and O–H groups in total. The van der Waals surface area contributed by atoms with E-state index >= 15 is 0 Å². The van der Waals surface area contributed by atoms with Crippen LogP contribution in [-0.4, -0.2) is 23.9 Å². The first-order valence-electron chi connectivity index (χ1n) is 6.48. The van der Waals surface area contributed by atoms with Crippen molar-refractivity contribution in [3.8, 4) is 0 Å². The van der Waals surface area contributed by atoms with Crippen molar-refractivity contribution in [3.05, 3.63) is 58.5 Å². The zero-order chi connectivity index (χ0) is 14.4.